The van der Waals surface area contributed by atoms with Crippen molar-refractivity contribution in [3.05, 3.63) is 199 Å². The van der Waals surface area contributed by atoms with Crippen LogP contribution in [0.4, 0.5) is 17.1 Å². The maximum absolute atomic E-state index is 2.51. The van der Waals surface area contributed by atoms with Crippen molar-refractivity contribution in [1.82, 2.24) is 0 Å². The van der Waals surface area contributed by atoms with Crippen LogP contribution in [0.25, 0.3) is 44.2 Å². The lowest BCUT2D eigenvalue weighted by Crippen LogP contribution is -2.17. The largest absolute Gasteiger partial charge is 0.309 e. The second-order valence-corrected chi connectivity index (χ2v) is 14.1. The molecular formula is C49H39N. The zero-order chi connectivity index (χ0) is 33.7. The minimum absolute atomic E-state index is 0.114. The van der Waals surface area contributed by atoms with Gasteiger partial charge >= 0.3 is 0 Å². The number of hydrogen-bond acceptors (Lipinski definition) is 1. The molecule has 0 radical (unpaired) electrons. The van der Waals surface area contributed by atoms with Gasteiger partial charge in [0.15, 0.2) is 0 Å². The number of benzene rings is 7. The van der Waals surface area contributed by atoms with Crippen molar-refractivity contribution in [2.24, 2.45) is 0 Å². The van der Waals surface area contributed by atoms with E-state index in [0.717, 1.165) is 17.8 Å². The van der Waals surface area contributed by atoms with Crippen molar-refractivity contribution in [1.29, 1.82) is 0 Å². The lowest BCUT2D eigenvalue weighted by molar-refractivity contribution is 0.660. The summed E-state index contributed by atoms with van der Waals surface area (Å²) in [5, 5.41) is 2.45. The maximum atomic E-state index is 2.51. The van der Waals surface area contributed by atoms with Gasteiger partial charge in [-0.1, -0.05) is 172 Å². The predicted octanol–water partition coefficient (Wildman–Crippen LogP) is 13.5. The Labute approximate surface area is 295 Å². The Bertz CT molecular complexity index is 2440. The first kappa shape index (κ1) is 30.2. The van der Waals surface area contributed by atoms with Gasteiger partial charge in [0.2, 0.25) is 0 Å². The molecule has 2 aliphatic carbocycles. The summed E-state index contributed by atoms with van der Waals surface area (Å²) in [6.07, 6.45) is 9.96. The average molecular weight is 642 g/mol. The van der Waals surface area contributed by atoms with E-state index in [9.17, 15) is 0 Å². The molecule has 0 saturated heterocycles. The minimum atomic E-state index is -0.114. The molecule has 0 bridgehead atoms. The molecule has 240 valence electrons. The molecule has 7 aromatic rings. The summed E-state index contributed by atoms with van der Waals surface area (Å²) in [4.78, 5) is 2.51. The van der Waals surface area contributed by atoms with E-state index in [4.69, 9.17) is 0 Å². The van der Waals surface area contributed by atoms with Gasteiger partial charge in [0.1, 0.15) is 0 Å². The van der Waals surface area contributed by atoms with Gasteiger partial charge in [-0.15, -0.1) is 0 Å². The van der Waals surface area contributed by atoms with Crippen molar-refractivity contribution >= 4 is 27.8 Å². The van der Waals surface area contributed by atoms with Crippen LogP contribution in [0.3, 0.4) is 0 Å². The normalized spacial score (nSPS) is 15.5. The smallest absolute Gasteiger partial charge is 0.0546 e. The van der Waals surface area contributed by atoms with Gasteiger partial charge in [-0.05, 0) is 80.6 Å². The summed E-state index contributed by atoms with van der Waals surface area (Å²) in [5.41, 5.74) is 15.0. The van der Waals surface area contributed by atoms with Crippen molar-refractivity contribution in [2.75, 3.05) is 4.90 Å². The Hall–Kier alpha value is -5.92. The highest BCUT2D eigenvalue weighted by Crippen LogP contribution is 2.52. The molecule has 0 aromatic heterocycles. The zero-order valence-electron chi connectivity index (χ0n) is 28.6. The van der Waals surface area contributed by atoms with E-state index in [1.165, 1.54) is 66.5 Å². The Morgan fingerprint density at radius 3 is 2.12 bits per heavy atom. The van der Waals surface area contributed by atoms with Gasteiger partial charge < -0.3 is 4.90 Å². The van der Waals surface area contributed by atoms with Gasteiger partial charge in [-0.25, -0.2) is 0 Å². The molecular weight excluding hydrogens is 603 g/mol. The molecule has 1 atom stereocenters. The highest BCUT2D eigenvalue weighted by Gasteiger charge is 2.36. The Kier molecular flexibility index (Phi) is 7.36. The van der Waals surface area contributed by atoms with Crippen LogP contribution in [-0.2, 0) is 5.41 Å². The molecule has 0 spiro atoms. The number of nitrogens with zero attached hydrogens (tertiary/aromatic N) is 1. The van der Waals surface area contributed by atoms with E-state index in [0.29, 0.717) is 5.92 Å². The van der Waals surface area contributed by atoms with Crippen molar-refractivity contribution in [3.8, 4) is 33.4 Å². The fraction of sp³-hybridized carbons (Fsp3) is 0.102. The van der Waals surface area contributed by atoms with Gasteiger partial charge in [0.25, 0.3) is 0 Å². The van der Waals surface area contributed by atoms with Crippen LogP contribution in [0.1, 0.15) is 42.9 Å². The zero-order valence-corrected chi connectivity index (χ0v) is 28.6. The second-order valence-electron chi connectivity index (χ2n) is 14.1. The molecule has 1 unspecified atom stereocenters. The average Bonchev–Trinajstić information content (AvgIpc) is 3.41. The van der Waals surface area contributed by atoms with Crippen LogP contribution in [-0.4, -0.2) is 0 Å². The molecule has 0 aliphatic heterocycles. The van der Waals surface area contributed by atoms with Crippen molar-refractivity contribution in [2.45, 2.75) is 31.6 Å². The first-order valence-electron chi connectivity index (χ1n) is 17.7. The summed E-state index contributed by atoms with van der Waals surface area (Å²) >= 11 is 0. The standard InChI is InChI=1S/C49H39N/c1-49(2)44-27-12-11-25-42(44)43-31-30-39(33-45(43)49)50(46-28-14-21-35-20-9-10-24-40(35)46)47-29-15-26-41(36-18-7-4-8-19-36)48(47)38-23-13-22-37(32-38)34-16-5-3-6-17-34/h3-16,18-34H,17H2,1-2H3. The monoisotopic (exact) mass is 641 g/mol. The summed E-state index contributed by atoms with van der Waals surface area (Å²) in [6, 6.07) is 58.4. The summed E-state index contributed by atoms with van der Waals surface area (Å²) < 4.78 is 0. The highest BCUT2D eigenvalue weighted by atomic mass is 15.1. The molecule has 7 aromatic carbocycles. The van der Waals surface area contributed by atoms with Gasteiger partial charge in [-0.3, -0.25) is 0 Å². The van der Waals surface area contributed by atoms with E-state index < -0.39 is 0 Å². The number of allylic oxidation sites excluding steroid dienone is 4. The Morgan fingerprint density at radius 2 is 1.24 bits per heavy atom. The Balaban J connectivity index is 1.33. The van der Waals surface area contributed by atoms with Crippen molar-refractivity contribution < 1.29 is 0 Å². The third kappa shape index (κ3) is 5.01. The lowest BCUT2D eigenvalue weighted by atomic mass is 9.82. The summed E-state index contributed by atoms with van der Waals surface area (Å²) in [7, 11) is 0. The van der Waals surface area contributed by atoms with E-state index in [2.05, 4.69) is 201 Å². The fourth-order valence-corrected chi connectivity index (χ4v) is 8.28. The highest BCUT2D eigenvalue weighted by molar-refractivity contribution is 6.03. The number of rotatable bonds is 6. The first-order chi connectivity index (χ1) is 24.6. The van der Waals surface area contributed by atoms with E-state index >= 15 is 0 Å². The Morgan fingerprint density at radius 1 is 0.540 bits per heavy atom. The summed E-state index contributed by atoms with van der Waals surface area (Å²) in [5.74, 6) is 0.363. The van der Waals surface area contributed by atoms with E-state index in [1.807, 2.05) is 0 Å². The molecule has 50 heavy (non-hydrogen) atoms. The third-order valence-electron chi connectivity index (χ3n) is 10.8. The fourth-order valence-electron chi connectivity index (χ4n) is 8.28. The van der Waals surface area contributed by atoms with Crippen LogP contribution in [0.5, 0.6) is 0 Å². The number of fused-ring (bicyclic) bond motifs is 4. The van der Waals surface area contributed by atoms with Gasteiger partial charge in [0, 0.05) is 28.0 Å². The van der Waals surface area contributed by atoms with Gasteiger partial charge in [-0.2, -0.15) is 0 Å². The molecule has 0 fully saturated rings. The van der Waals surface area contributed by atoms with Gasteiger partial charge in [0.05, 0.1) is 11.4 Å². The molecule has 9 rings (SSSR count). The molecule has 1 nitrogen and oxygen atoms in total. The predicted molar refractivity (Wildman–Crippen MR) is 213 cm³/mol. The first-order valence-corrected chi connectivity index (χ1v) is 17.7. The van der Waals surface area contributed by atoms with Crippen LogP contribution in [0.2, 0.25) is 0 Å². The molecule has 0 heterocycles. The molecule has 2 aliphatic rings. The van der Waals surface area contributed by atoms with Crippen LogP contribution >= 0.6 is 0 Å². The minimum Gasteiger partial charge on any atom is -0.309 e. The number of hydrogen-bond donors (Lipinski definition) is 0. The van der Waals surface area contributed by atoms with Crippen LogP contribution < -0.4 is 4.90 Å². The maximum Gasteiger partial charge on any atom is 0.0546 e. The third-order valence-corrected chi connectivity index (χ3v) is 10.8. The molecule has 0 saturated carbocycles. The molecule has 0 N–H and O–H groups in total. The molecule has 1 heteroatoms. The molecule has 0 amide bonds. The van der Waals surface area contributed by atoms with Crippen LogP contribution in [0, 0.1) is 0 Å². The van der Waals surface area contributed by atoms with Crippen molar-refractivity contribution in [3.63, 3.8) is 0 Å². The van der Waals surface area contributed by atoms with E-state index in [1.54, 1.807) is 0 Å². The second kappa shape index (κ2) is 12.2. The number of anilines is 3. The lowest BCUT2D eigenvalue weighted by Gasteiger charge is -2.31. The summed E-state index contributed by atoms with van der Waals surface area (Å²) in [6.45, 7) is 4.73. The quantitative estimate of drug-likeness (QED) is 0.175. The topological polar surface area (TPSA) is 3.24 Å². The van der Waals surface area contributed by atoms with E-state index in [-0.39, 0.29) is 5.41 Å². The van der Waals surface area contributed by atoms with Crippen LogP contribution in [0.15, 0.2) is 182 Å². The SMILES string of the molecule is CC1(C)c2ccccc2-c2ccc(N(c3cccc(-c4ccccc4)c3-c3cccc(C4C=CC=CC4)c3)c3cccc4ccccc34)cc21.